The van der Waals surface area contributed by atoms with Crippen LogP contribution in [0.5, 0.6) is 0 Å². The van der Waals surface area contributed by atoms with Gasteiger partial charge in [-0.3, -0.25) is 0 Å². The van der Waals surface area contributed by atoms with Crippen molar-refractivity contribution in [2.24, 2.45) is 11.3 Å². The van der Waals surface area contributed by atoms with E-state index in [0.29, 0.717) is 0 Å². The molecule has 0 aromatic heterocycles. The van der Waals surface area contributed by atoms with E-state index in [9.17, 15) is 0 Å². The van der Waals surface area contributed by atoms with Crippen LogP contribution in [-0.2, 0) is 0 Å². The maximum Gasteiger partial charge on any atom is 0.0516 e. The molecule has 1 N–H and O–H groups in total. The molecule has 1 rings (SSSR count). The first kappa shape index (κ1) is 10.8. The molecule has 1 heteroatoms. The van der Waals surface area contributed by atoms with Crippen LogP contribution in [0.4, 0.5) is 0 Å². The first-order chi connectivity index (χ1) is 6.14. The zero-order chi connectivity index (χ0) is 9.73. The molecular formula is C12H22O. The van der Waals surface area contributed by atoms with Gasteiger partial charge in [-0.25, -0.2) is 0 Å². The van der Waals surface area contributed by atoms with Crippen molar-refractivity contribution < 1.29 is 5.11 Å². The second-order valence-corrected chi connectivity index (χ2v) is 4.90. The van der Waals surface area contributed by atoms with Crippen molar-refractivity contribution in [1.29, 1.82) is 0 Å². The minimum Gasteiger partial charge on any atom is -0.395 e. The number of aliphatic hydroxyl groups is 1. The number of aliphatic hydroxyl groups excluding tert-OH is 1. The molecule has 76 valence electrons. The highest BCUT2D eigenvalue weighted by Gasteiger charge is 2.14. The van der Waals surface area contributed by atoms with Gasteiger partial charge in [0.25, 0.3) is 0 Å². The Morgan fingerprint density at radius 1 is 1.23 bits per heavy atom. The smallest absolute Gasteiger partial charge is 0.0516 e. The van der Waals surface area contributed by atoms with Crippen molar-refractivity contribution >= 4 is 0 Å². The number of rotatable bonds is 3. The lowest BCUT2D eigenvalue weighted by Gasteiger charge is -2.21. The second-order valence-electron chi connectivity index (χ2n) is 4.90. The average Bonchev–Trinajstić information content (AvgIpc) is 2.17. The highest BCUT2D eigenvalue weighted by atomic mass is 16.3. The summed E-state index contributed by atoms with van der Waals surface area (Å²) in [6, 6.07) is 0. The van der Waals surface area contributed by atoms with Gasteiger partial charge in [-0.1, -0.05) is 45.3 Å². The number of hydrogen-bond acceptors (Lipinski definition) is 1. The van der Waals surface area contributed by atoms with Crippen molar-refractivity contribution in [3.8, 4) is 0 Å². The Morgan fingerprint density at radius 2 is 1.85 bits per heavy atom. The van der Waals surface area contributed by atoms with Crippen LogP contribution in [0, 0.1) is 11.3 Å². The molecule has 0 unspecified atom stereocenters. The van der Waals surface area contributed by atoms with E-state index in [2.05, 4.69) is 26.0 Å². The Kier molecular flexibility index (Phi) is 3.98. The lowest BCUT2D eigenvalue weighted by Crippen LogP contribution is -2.14. The fourth-order valence-corrected chi connectivity index (χ4v) is 1.78. The predicted molar refractivity (Wildman–Crippen MR) is 56.6 cm³/mol. The number of hydrogen-bond donors (Lipinski definition) is 1. The largest absolute Gasteiger partial charge is 0.395 e. The topological polar surface area (TPSA) is 20.2 Å². The predicted octanol–water partition coefficient (Wildman–Crippen LogP) is 3.14. The first-order valence-electron chi connectivity index (χ1n) is 5.44. The van der Waals surface area contributed by atoms with Crippen molar-refractivity contribution in [3.63, 3.8) is 0 Å². The minimum atomic E-state index is -0.0303. The van der Waals surface area contributed by atoms with Gasteiger partial charge in [0.15, 0.2) is 0 Å². The Bertz CT molecular complexity index is 164. The molecule has 0 atom stereocenters. The van der Waals surface area contributed by atoms with Gasteiger partial charge >= 0.3 is 0 Å². The van der Waals surface area contributed by atoms with E-state index in [0.717, 1.165) is 5.92 Å². The molecule has 0 heterocycles. The second kappa shape index (κ2) is 4.80. The molecule has 1 nitrogen and oxygen atoms in total. The zero-order valence-electron chi connectivity index (χ0n) is 8.92. The molecule has 13 heavy (non-hydrogen) atoms. The molecule has 0 saturated heterocycles. The fourth-order valence-electron chi connectivity index (χ4n) is 1.78. The van der Waals surface area contributed by atoms with Gasteiger partial charge in [0.05, 0.1) is 6.61 Å². The number of allylic oxidation sites excluding steroid dienone is 1. The van der Waals surface area contributed by atoms with Crippen LogP contribution in [-0.4, -0.2) is 11.7 Å². The molecule has 0 aromatic carbocycles. The standard InChI is InChI=1S/C12H22O/c1-12(2,10-13)9-8-11-6-4-3-5-7-11/h8-9,11,13H,3-7,10H2,1-2H3/b9-8+. The van der Waals surface area contributed by atoms with E-state index in [1.54, 1.807) is 0 Å². The summed E-state index contributed by atoms with van der Waals surface area (Å²) < 4.78 is 0. The average molecular weight is 182 g/mol. The summed E-state index contributed by atoms with van der Waals surface area (Å²) in [6.07, 6.45) is 11.4. The van der Waals surface area contributed by atoms with E-state index in [1.807, 2.05) is 0 Å². The van der Waals surface area contributed by atoms with Gasteiger partial charge in [0.2, 0.25) is 0 Å². The van der Waals surface area contributed by atoms with E-state index in [4.69, 9.17) is 5.11 Å². The van der Waals surface area contributed by atoms with E-state index < -0.39 is 0 Å². The molecule has 1 aliphatic rings. The highest BCUT2D eigenvalue weighted by Crippen LogP contribution is 2.26. The lowest BCUT2D eigenvalue weighted by molar-refractivity contribution is 0.198. The molecular weight excluding hydrogens is 160 g/mol. The van der Waals surface area contributed by atoms with E-state index >= 15 is 0 Å². The van der Waals surface area contributed by atoms with Crippen LogP contribution in [0.25, 0.3) is 0 Å². The van der Waals surface area contributed by atoms with Crippen LogP contribution in [0.2, 0.25) is 0 Å². The molecule has 1 saturated carbocycles. The maximum absolute atomic E-state index is 9.07. The van der Waals surface area contributed by atoms with Crippen LogP contribution in [0.3, 0.4) is 0 Å². The van der Waals surface area contributed by atoms with Crippen molar-refractivity contribution in [2.75, 3.05) is 6.61 Å². The molecule has 1 fully saturated rings. The zero-order valence-corrected chi connectivity index (χ0v) is 8.92. The van der Waals surface area contributed by atoms with Gasteiger partial charge in [-0.05, 0) is 18.8 Å². The summed E-state index contributed by atoms with van der Waals surface area (Å²) in [7, 11) is 0. The van der Waals surface area contributed by atoms with Crippen LogP contribution < -0.4 is 0 Å². The summed E-state index contributed by atoms with van der Waals surface area (Å²) in [5.74, 6) is 0.777. The third kappa shape index (κ3) is 3.95. The first-order valence-corrected chi connectivity index (χ1v) is 5.44. The molecule has 0 bridgehead atoms. The molecule has 0 aliphatic heterocycles. The van der Waals surface area contributed by atoms with Gasteiger partial charge in [0.1, 0.15) is 0 Å². The normalized spacial score (nSPS) is 21.2. The Morgan fingerprint density at radius 3 is 2.38 bits per heavy atom. The third-order valence-electron chi connectivity index (χ3n) is 2.88. The van der Waals surface area contributed by atoms with Gasteiger partial charge in [0, 0.05) is 5.41 Å². The van der Waals surface area contributed by atoms with Crippen LogP contribution in [0.1, 0.15) is 46.0 Å². The SMILES string of the molecule is CC(C)(/C=C/C1CCCCC1)CO. The van der Waals surface area contributed by atoms with Gasteiger partial charge in [-0.15, -0.1) is 0 Å². The molecule has 0 aromatic rings. The Balaban J connectivity index is 2.37. The molecule has 1 aliphatic carbocycles. The third-order valence-corrected chi connectivity index (χ3v) is 2.88. The molecule has 0 spiro atoms. The Hall–Kier alpha value is -0.300. The quantitative estimate of drug-likeness (QED) is 0.665. The minimum absolute atomic E-state index is 0.0303. The summed E-state index contributed by atoms with van der Waals surface area (Å²) in [6.45, 7) is 4.40. The highest BCUT2D eigenvalue weighted by molar-refractivity contribution is 4.98. The Labute approximate surface area is 81.9 Å². The molecule has 0 amide bonds. The fraction of sp³-hybridized carbons (Fsp3) is 0.833. The van der Waals surface area contributed by atoms with Crippen LogP contribution >= 0.6 is 0 Å². The summed E-state index contributed by atoms with van der Waals surface area (Å²) >= 11 is 0. The molecule has 0 radical (unpaired) electrons. The lowest BCUT2D eigenvalue weighted by atomic mass is 9.86. The maximum atomic E-state index is 9.07. The van der Waals surface area contributed by atoms with Gasteiger partial charge in [-0.2, -0.15) is 0 Å². The van der Waals surface area contributed by atoms with E-state index in [1.165, 1.54) is 32.1 Å². The summed E-state index contributed by atoms with van der Waals surface area (Å²) in [5, 5.41) is 9.07. The van der Waals surface area contributed by atoms with E-state index in [-0.39, 0.29) is 12.0 Å². The van der Waals surface area contributed by atoms with Gasteiger partial charge < -0.3 is 5.11 Å². The summed E-state index contributed by atoms with van der Waals surface area (Å²) in [5.41, 5.74) is -0.0303. The summed E-state index contributed by atoms with van der Waals surface area (Å²) in [4.78, 5) is 0. The van der Waals surface area contributed by atoms with Crippen molar-refractivity contribution in [3.05, 3.63) is 12.2 Å². The monoisotopic (exact) mass is 182 g/mol. The van der Waals surface area contributed by atoms with Crippen LogP contribution in [0.15, 0.2) is 12.2 Å². The van der Waals surface area contributed by atoms with Crippen molar-refractivity contribution in [2.45, 2.75) is 46.0 Å². The van der Waals surface area contributed by atoms with Crippen molar-refractivity contribution in [1.82, 2.24) is 0 Å².